The molecule has 0 aliphatic carbocycles. The maximum atomic E-state index is 12.0. The van der Waals surface area contributed by atoms with Crippen molar-refractivity contribution in [3.63, 3.8) is 0 Å². The van der Waals surface area contributed by atoms with E-state index in [1.54, 1.807) is 0 Å². The highest BCUT2D eigenvalue weighted by atomic mass is 32.2. The molecule has 0 amide bonds. The molecule has 0 spiro atoms. The second kappa shape index (κ2) is 4.52. The quantitative estimate of drug-likeness (QED) is 0.772. The molecule has 0 radical (unpaired) electrons. The minimum Gasteiger partial charge on any atom is -0.396 e. The van der Waals surface area contributed by atoms with Gasteiger partial charge in [-0.25, -0.2) is 13.4 Å². The first-order valence-electron chi connectivity index (χ1n) is 5.25. The van der Waals surface area contributed by atoms with Gasteiger partial charge in [-0.3, -0.25) is 0 Å². The van der Waals surface area contributed by atoms with Gasteiger partial charge in [0.05, 0.1) is 0 Å². The molecule has 2 N–H and O–H groups in total. The fourth-order valence-corrected chi connectivity index (χ4v) is 3.19. The minimum atomic E-state index is -3.47. The summed E-state index contributed by atoms with van der Waals surface area (Å²) in [6, 6.07) is 0. The van der Waals surface area contributed by atoms with Crippen molar-refractivity contribution in [1.29, 1.82) is 0 Å². The van der Waals surface area contributed by atoms with Gasteiger partial charge in [-0.05, 0) is 18.8 Å². The molecule has 0 saturated carbocycles. The fourth-order valence-electron chi connectivity index (χ4n) is 1.85. The number of H-pyrrole nitrogens is 1. The van der Waals surface area contributed by atoms with E-state index in [-0.39, 0.29) is 17.7 Å². The highest BCUT2D eigenvalue weighted by Gasteiger charge is 2.30. The average Bonchev–Trinajstić information content (AvgIpc) is 2.83. The number of sulfonamides is 1. The van der Waals surface area contributed by atoms with Crippen molar-refractivity contribution in [1.82, 2.24) is 14.3 Å². The lowest BCUT2D eigenvalue weighted by molar-refractivity contribution is 0.170. The first kappa shape index (κ1) is 11.6. The first-order chi connectivity index (χ1) is 7.64. The largest absolute Gasteiger partial charge is 0.396 e. The number of imidazole rings is 1. The summed E-state index contributed by atoms with van der Waals surface area (Å²) in [7, 11) is -3.47. The van der Waals surface area contributed by atoms with E-state index in [9.17, 15) is 8.42 Å². The molecule has 16 heavy (non-hydrogen) atoms. The van der Waals surface area contributed by atoms with Gasteiger partial charge in [-0.15, -0.1) is 0 Å². The van der Waals surface area contributed by atoms with E-state index >= 15 is 0 Å². The van der Waals surface area contributed by atoms with E-state index < -0.39 is 10.0 Å². The van der Waals surface area contributed by atoms with Gasteiger partial charge in [0.2, 0.25) is 5.16 Å². The van der Waals surface area contributed by atoms with Crippen LogP contribution in [0.15, 0.2) is 17.6 Å². The van der Waals surface area contributed by atoms with Crippen molar-refractivity contribution in [3.8, 4) is 0 Å². The molecule has 0 atom stereocenters. The maximum absolute atomic E-state index is 12.0. The zero-order valence-electron chi connectivity index (χ0n) is 8.83. The van der Waals surface area contributed by atoms with Crippen molar-refractivity contribution in [2.45, 2.75) is 18.0 Å². The van der Waals surface area contributed by atoms with Crippen LogP contribution in [0, 0.1) is 5.92 Å². The number of aromatic amines is 1. The third-order valence-electron chi connectivity index (χ3n) is 2.89. The van der Waals surface area contributed by atoms with E-state index in [2.05, 4.69) is 9.97 Å². The van der Waals surface area contributed by atoms with Crippen LogP contribution in [-0.4, -0.2) is 47.5 Å². The van der Waals surface area contributed by atoms with Gasteiger partial charge < -0.3 is 10.1 Å². The topological polar surface area (TPSA) is 86.3 Å². The van der Waals surface area contributed by atoms with Crippen molar-refractivity contribution < 1.29 is 13.5 Å². The number of aliphatic hydroxyl groups excluding tert-OH is 1. The Kier molecular flexibility index (Phi) is 3.27. The van der Waals surface area contributed by atoms with Crippen LogP contribution >= 0.6 is 0 Å². The van der Waals surface area contributed by atoms with Crippen LogP contribution in [0.5, 0.6) is 0 Å². The molecule has 1 saturated heterocycles. The number of rotatable bonds is 3. The monoisotopic (exact) mass is 245 g/mol. The lowest BCUT2D eigenvalue weighted by Gasteiger charge is -2.29. The van der Waals surface area contributed by atoms with Gasteiger partial charge in [-0.2, -0.15) is 4.31 Å². The van der Waals surface area contributed by atoms with Gasteiger partial charge in [0, 0.05) is 32.1 Å². The highest BCUT2D eigenvalue weighted by Crippen LogP contribution is 2.21. The molecule has 1 aliphatic rings. The van der Waals surface area contributed by atoms with E-state index in [1.807, 2.05) is 0 Å². The van der Waals surface area contributed by atoms with E-state index in [0.29, 0.717) is 25.9 Å². The zero-order chi connectivity index (χ0) is 11.6. The molecule has 2 heterocycles. The normalized spacial score (nSPS) is 20.1. The molecule has 90 valence electrons. The summed E-state index contributed by atoms with van der Waals surface area (Å²) in [4.78, 5) is 6.38. The standard InChI is InChI=1S/C9H15N3O3S/c13-7-8-1-5-12(6-2-8)16(14,15)9-10-3-4-11-9/h3-4,8,13H,1-2,5-7H2,(H,10,11). The second-order valence-corrected chi connectivity index (χ2v) is 5.78. The van der Waals surface area contributed by atoms with Gasteiger partial charge in [0.1, 0.15) is 0 Å². The number of nitrogens with zero attached hydrogens (tertiary/aromatic N) is 2. The summed E-state index contributed by atoms with van der Waals surface area (Å²) in [5.41, 5.74) is 0. The number of aromatic nitrogens is 2. The summed E-state index contributed by atoms with van der Waals surface area (Å²) in [5, 5.41) is 8.97. The smallest absolute Gasteiger partial charge is 0.276 e. The number of hydrogen-bond donors (Lipinski definition) is 2. The fraction of sp³-hybridized carbons (Fsp3) is 0.667. The van der Waals surface area contributed by atoms with Crippen molar-refractivity contribution in [3.05, 3.63) is 12.4 Å². The molecule has 1 aromatic heterocycles. The Labute approximate surface area is 94.4 Å². The third-order valence-corrected chi connectivity index (χ3v) is 4.65. The molecular weight excluding hydrogens is 230 g/mol. The number of hydrogen-bond acceptors (Lipinski definition) is 4. The second-order valence-electron chi connectivity index (χ2n) is 3.92. The van der Waals surface area contributed by atoms with Gasteiger partial charge in [0.15, 0.2) is 0 Å². The molecule has 0 bridgehead atoms. The number of nitrogens with one attached hydrogen (secondary N) is 1. The van der Waals surface area contributed by atoms with Crippen LogP contribution in [0.25, 0.3) is 0 Å². The van der Waals surface area contributed by atoms with Gasteiger partial charge in [-0.1, -0.05) is 0 Å². The highest BCUT2D eigenvalue weighted by molar-refractivity contribution is 7.88. The predicted molar refractivity (Wildman–Crippen MR) is 57.2 cm³/mol. The molecule has 1 fully saturated rings. The van der Waals surface area contributed by atoms with Crippen LogP contribution in [0.2, 0.25) is 0 Å². The Bertz CT molecular complexity index is 421. The molecule has 0 unspecified atom stereocenters. The van der Waals surface area contributed by atoms with Crippen LogP contribution in [0.4, 0.5) is 0 Å². The van der Waals surface area contributed by atoms with Gasteiger partial charge >= 0.3 is 0 Å². The SMILES string of the molecule is O=S(=O)(c1ncc[nH]1)N1CCC(CO)CC1. The predicted octanol–water partition coefficient (Wildman–Crippen LogP) is -0.197. The van der Waals surface area contributed by atoms with Crippen molar-refractivity contribution >= 4 is 10.0 Å². The number of aliphatic hydroxyl groups is 1. The lowest BCUT2D eigenvalue weighted by Crippen LogP contribution is -2.39. The lowest BCUT2D eigenvalue weighted by atomic mass is 10.00. The molecule has 7 heteroatoms. The summed E-state index contributed by atoms with van der Waals surface area (Å²) >= 11 is 0. The Morgan fingerprint density at radius 1 is 1.50 bits per heavy atom. The van der Waals surface area contributed by atoms with Crippen molar-refractivity contribution in [2.75, 3.05) is 19.7 Å². The van der Waals surface area contributed by atoms with Crippen LogP contribution in [-0.2, 0) is 10.0 Å². The van der Waals surface area contributed by atoms with Crippen molar-refractivity contribution in [2.24, 2.45) is 5.92 Å². The van der Waals surface area contributed by atoms with E-state index in [0.717, 1.165) is 0 Å². The number of piperidine rings is 1. The summed E-state index contributed by atoms with van der Waals surface area (Å²) < 4.78 is 25.4. The Balaban J connectivity index is 2.09. The molecule has 1 aromatic rings. The minimum absolute atomic E-state index is 0.00468. The third kappa shape index (κ3) is 2.11. The molecule has 2 rings (SSSR count). The van der Waals surface area contributed by atoms with Gasteiger partial charge in [0.25, 0.3) is 10.0 Å². The molecule has 6 nitrogen and oxygen atoms in total. The Morgan fingerprint density at radius 2 is 2.19 bits per heavy atom. The summed E-state index contributed by atoms with van der Waals surface area (Å²) in [6.45, 7) is 1.04. The zero-order valence-corrected chi connectivity index (χ0v) is 9.65. The average molecular weight is 245 g/mol. The Hall–Kier alpha value is -0.920. The maximum Gasteiger partial charge on any atom is 0.276 e. The van der Waals surface area contributed by atoms with Crippen LogP contribution in [0.3, 0.4) is 0 Å². The summed E-state index contributed by atoms with van der Waals surface area (Å²) in [5.74, 6) is 0.225. The van der Waals surface area contributed by atoms with Crippen LogP contribution in [0.1, 0.15) is 12.8 Å². The first-order valence-corrected chi connectivity index (χ1v) is 6.69. The molecule has 0 aromatic carbocycles. The van der Waals surface area contributed by atoms with E-state index in [4.69, 9.17) is 5.11 Å². The molecule has 1 aliphatic heterocycles. The summed E-state index contributed by atoms with van der Waals surface area (Å²) in [6.07, 6.45) is 4.33. The van der Waals surface area contributed by atoms with Crippen LogP contribution < -0.4 is 0 Å². The Morgan fingerprint density at radius 3 is 2.69 bits per heavy atom. The van der Waals surface area contributed by atoms with E-state index in [1.165, 1.54) is 16.7 Å². The molecular formula is C9H15N3O3S.